The van der Waals surface area contributed by atoms with E-state index in [9.17, 15) is 14.7 Å². The van der Waals surface area contributed by atoms with Crippen LogP contribution in [0.4, 0.5) is 0 Å². The van der Waals surface area contributed by atoms with E-state index in [1.165, 1.54) is 4.90 Å². The first kappa shape index (κ1) is 14.7. The van der Waals surface area contributed by atoms with Gasteiger partial charge in [0.15, 0.2) is 0 Å². The summed E-state index contributed by atoms with van der Waals surface area (Å²) < 4.78 is 10.8. The van der Waals surface area contributed by atoms with Gasteiger partial charge in [0.25, 0.3) is 0 Å². The van der Waals surface area contributed by atoms with Crippen LogP contribution in [0.5, 0.6) is 11.5 Å². The molecule has 1 fully saturated rings. The number of hydrogen-bond donors (Lipinski definition) is 1. The van der Waals surface area contributed by atoms with E-state index in [4.69, 9.17) is 9.47 Å². The minimum absolute atomic E-state index is 0.119. The van der Waals surface area contributed by atoms with E-state index in [1.807, 2.05) is 18.2 Å². The van der Waals surface area contributed by atoms with Gasteiger partial charge in [-0.05, 0) is 30.9 Å². The predicted octanol–water partition coefficient (Wildman–Crippen LogP) is 1.32. The van der Waals surface area contributed by atoms with Gasteiger partial charge in [0, 0.05) is 12.6 Å². The van der Waals surface area contributed by atoms with Crippen LogP contribution < -0.4 is 9.47 Å². The second kappa shape index (κ2) is 5.87. The van der Waals surface area contributed by atoms with Gasteiger partial charge < -0.3 is 19.5 Å². The molecule has 0 spiro atoms. The van der Waals surface area contributed by atoms with Crippen molar-refractivity contribution in [3.63, 3.8) is 0 Å². The highest BCUT2D eigenvalue weighted by molar-refractivity contribution is 5.86. The van der Waals surface area contributed by atoms with Crippen LogP contribution >= 0.6 is 0 Å². The van der Waals surface area contributed by atoms with E-state index < -0.39 is 12.0 Å². The summed E-state index contributed by atoms with van der Waals surface area (Å²) in [6, 6.07) is 4.85. The van der Waals surface area contributed by atoms with Gasteiger partial charge >= 0.3 is 5.97 Å². The summed E-state index contributed by atoms with van der Waals surface area (Å²) in [5.74, 6) is 0.0912. The molecule has 0 aliphatic carbocycles. The zero-order chi connectivity index (χ0) is 15.7. The van der Waals surface area contributed by atoms with Gasteiger partial charge in [0.05, 0.1) is 13.0 Å². The zero-order valence-corrected chi connectivity index (χ0v) is 12.4. The number of fused-ring (bicyclic) bond motifs is 1. The Kier molecular flexibility index (Phi) is 3.92. The molecule has 1 aromatic rings. The van der Waals surface area contributed by atoms with Gasteiger partial charge in [0.1, 0.15) is 24.1 Å². The molecule has 118 valence electrons. The lowest BCUT2D eigenvalue weighted by Gasteiger charge is -2.30. The molecule has 0 saturated carbocycles. The SMILES string of the molecule is COc1ccc2c(c1)OCC(C(=O)N1CCC[C@@H]1C(=O)O)C2. The third-order valence-corrected chi connectivity index (χ3v) is 4.35. The van der Waals surface area contributed by atoms with Crippen LogP contribution in [-0.4, -0.2) is 48.2 Å². The Bertz CT molecular complexity index is 600. The Balaban J connectivity index is 1.74. The molecule has 6 nitrogen and oxygen atoms in total. The van der Waals surface area contributed by atoms with Gasteiger partial charge in [0.2, 0.25) is 5.91 Å². The molecular formula is C16H19NO5. The fourth-order valence-corrected chi connectivity index (χ4v) is 3.16. The van der Waals surface area contributed by atoms with E-state index in [2.05, 4.69) is 0 Å². The smallest absolute Gasteiger partial charge is 0.326 e. The summed E-state index contributed by atoms with van der Waals surface area (Å²) in [5, 5.41) is 9.21. The highest BCUT2D eigenvalue weighted by Crippen LogP contribution is 2.32. The third-order valence-electron chi connectivity index (χ3n) is 4.35. The third kappa shape index (κ3) is 2.61. The number of rotatable bonds is 3. The number of methoxy groups -OCH3 is 1. The zero-order valence-electron chi connectivity index (χ0n) is 12.4. The lowest BCUT2D eigenvalue weighted by molar-refractivity contribution is -0.150. The maximum Gasteiger partial charge on any atom is 0.326 e. The molecule has 0 radical (unpaired) electrons. The number of hydrogen-bond acceptors (Lipinski definition) is 4. The van der Waals surface area contributed by atoms with E-state index in [1.54, 1.807) is 7.11 Å². The molecule has 1 amide bonds. The van der Waals surface area contributed by atoms with E-state index in [-0.39, 0.29) is 18.4 Å². The standard InChI is InChI=1S/C16H19NO5/c1-21-12-5-4-10-7-11(9-22-14(10)8-12)15(18)17-6-2-3-13(17)16(19)20/h4-5,8,11,13H,2-3,6-7,9H2,1H3,(H,19,20)/t11?,13-/m1/s1. The molecule has 0 bridgehead atoms. The van der Waals surface area contributed by atoms with Crippen molar-refractivity contribution in [3.8, 4) is 11.5 Å². The van der Waals surface area contributed by atoms with Crippen molar-refractivity contribution >= 4 is 11.9 Å². The second-order valence-electron chi connectivity index (χ2n) is 5.71. The average Bonchev–Trinajstić information content (AvgIpc) is 3.03. The minimum Gasteiger partial charge on any atom is -0.497 e. The van der Waals surface area contributed by atoms with Crippen molar-refractivity contribution in [2.75, 3.05) is 20.3 Å². The fraction of sp³-hybridized carbons (Fsp3) is 0.500. The molecular weight excluding hydrogens is 286 g/mol. The number of nitrogens with zero attached hydrogens (tertiary/aromatic N) is 1. The lowest BCUT2D eigenvalue weighted by Crippen LogP contribution is -2.46. The molecule has 6 heteroatoms. The molecule has 2 heterocycles. The monoisotopic (exact) mass is 305 g/mol. The summed E-state index contributed by atoms with van der Waals surface area (Å²) in [4.78, 5) is 25.3. The van der Waals surface area contributed by atoms with Crippen molar-refractivity contribution in [1.82, 2.24) is 4.90 Å². The van der Waals surface area contributed by atoms with Gasteiger partial charge in [-0.3, -0.25) is 4.79 Å². The van der Waals surface area contributed by atoms with Crippen LogP contribution in [-0.2, 0) is 16.0 Å². The molecule has 1 saturated heterocycles. The van der Waals surface area contributed by atoms with E-state index in [0.29, 0.717) is 25.1 Å². The summed E-state index contributed by atoms with van der Waals surface area (Å²) in [6.45, 7) is 0.795. The normalized spacial score (nSPS) is 23.6. The number of likely N-dealkylation sites (tertiary alicyclic amines) is 1. The lowest BCUT2D eigenvalue weighted by atomic mass is 9.95. The van der Waals surface area contributed by atoms with Crippen molar-refractivity contribution in [1.29, 1.82) is 0 Å². The number of aliphatic carboxylic acids is 1. The Morgan fingerprint density at radius 1 is 1.41 bits per heavy atom. The van der Waals surface area contributed by atoms with Crippen LogP contribution in [0.2, 0.25) is 0 Å². The van der Waals surface area contributed by atoms with Crippen LogP contribution in [0.3, 0.4) is 0 Å². The van der Waals surface area contributed by atoms with Gasteiger partial charge in [-0.15, -0.1) is 0 Å². The van der Waals surface area contributed by atoms with E-state index >= 15 is 0 Å². The molecule has 0 aromatic heterocycles. The first-order valence-electron chi connectivity index (χ1n) is 7.43. The largest absolute Gasteiger partial charge is 0.497 e. The Labute approximate surface area is 128 Å². The number of carboxylic acids is 1. The topological polar surface area (TPSA) is 76.1 Å². The number of ether oxygens (including phenoxy) is 2. The summed E-state index contributed by atoms with van der Waals surface area (Å²) in [7, 11) is 1.59. The fourth-order valence-electron chi connectivity index (χ4n) is 3.16. The molecule has 3 rings (SSSR count). The molecule has 1 aromatic carbocycles. The number of carboxylic acid groups (broad SMARTS) is 1. The number of carbonyl (C=O) groups is 2. The van der Waals surface area contributed by atoms with Crippen molar-refractivity contribution in [2.24, 2.45) is 5.92 Å². The van der Waals surface area contributed by atoms with Crippen LogP contribution in [0, 0.1) is 5.92 Å². The maximum absolute atomic E-state index is 12.6. The summed E-state index contributed by atoms with van der Waals surface area (Å²) in [5.41, 5.74) is 0.955. The number of amides is 1. The Morgan fingerprint density at radius 2 is 2.23 bits per heavy atom. The van der Waals surface area contributed by atoms with Gasteiger partial charge in [-0.2, -0.15) is 0 Å². The molecule has 2 atom stereocenters. The molecule has 1 unspecified atom stereocenters. The Hall–Kier alpha value is -2.24. The van der Waals surface area contributed by atoms with Crippen LogP contribution in [0.25, 0.3) is 0 Å². The molecule has 1 N–H and O–H groups in total. The molecule has 22 heavy (non-hydrogen) atoms. The minimum atomic E-state index is -0.923. The van der Waals surface area contributed by atoms with Crippen molar-refractivity contribution < 1.29 is 24.2 Å². The van der Waals surface area contributed by atoms with Crippen molar-refractivity contribution in [3.05, 3.63) is 23.8 Å². The first-order valence-corrected chi connectivity index (χ1v) is 7.43. The number of benzene rings is 1. The number of carbonyl (C=O) groups excluding carboxylic acids is 1. The van der Waals surface area contributed by atoms with Gasteiger partial charge in [-0.25, -0.2) is 4.79 Å². The summed E-state index contributed by atoms with van der Waals surface area (Å²) in [6.07, 6.45) is 1.84. The van der Waals surface area contributed by atoms with Crippen LogP contribution in [0.1, 0.15) is 18.4 Å². The highest BCUT2D eigenvalue weighted by Gasteiger charge is 2.38. The molecule has 2 aliphatic heterocycles. The quantitative estimate of drug-likeness (QED) is 0.911. The maximum atomic E-state index is 12.6. The summed E-state index contributed by atoms with van der Waals surface area (Å²) >= 11 is 0. The van der Waals surface area contributed by atoms with Crippen LogP contribution in [0.15, 0.2) is 18.2 Å². The first-order chi connectivity index (χ1) is 10.6. The highest BCUT2D eigenvalue weighted by atomic mass is 16.5. The second-order valence-corrected chi connectivity index (χ2v) is 5.71. The Morgan fingerprint density at radius 3 is 2.95 bits per heavy atom. The average molecular weight is 305 g/mol. The van der Waals surface area contributed by atoms with Gasteiger partial charge in [-0.1, -0.05) is 6.07 Å². The van der Waals surface area contributed by atoms with Crippen molar-refractivity contribution in [2.45, 2.75) is 25.3 Å². The molecule has 2 aliphatic rings. The van der Waals surface area contributed by atoms with E-state index in [0.717, 1.165) is 17.7 Å². The predicted molar refractivity (Wildman–Crippen MR) is 78.1 cm³/mol.